The van der Waals surface area contributed by atoms with Gasteiger partial charge in [0.25, 0.3) is 5.91 Å². The fourth-order valence-electron chi connectivity index (χ4n) is 2.22. The molecule has 0 saturated heterocycles. The van der Waals surface area contributed by atoms with Crippen LogP contribution in [-0.2, 0) is 0 Å². The summed E-state index contributed by atoms with van der Waals surface area (Å²) in [5, 5.41) is 13.2. The second kappa shape index (κ2) is 8.45. The summed E-state index contributed by atoms with van der Waals surface area (Å²) in [6.45, 7) is 8.53. The molecule has 1 aromatic heterocycles. The first kappa shape index (κ1) is 17.9. The van der Waals surface area contributed by atoms with Crippen molar-refractivity contribution in [2.24, 2.45) is 0 Å². The zero-order chi connectivity index (χ0) is 16.8. The van der Waals surface area contributed by atoms with Crippen molar-refractivity contribution < 1.29 is 4.79 Å². The second-order valence-electron chi connectivity index (χ2n) is 5.75. The molecule has 1 N–H and O–H groups in total. The molecule has 6 heteroatoms. The lowest BCUT2D eigenvalue weighted by Crippen LogP contribution is -2.13. The molecule has 1 heterocycles. The Morgan fingerprint density at radius 3 is 2.70 bits per heavy atom. The SMILES string of the molecule is CCCC(C)c1nnc(NC(=O)c2ccccc2SC(C)C)s1. The number of carbonyl (C=O) groups excluding carboxylic acids is 1. The molecule has 2 aromatic rings. The highest BCUT2D eigenvalue weighted by atomic mass is 32.2. The van der Waals surface area contributed by atoms with Crippen LogP contribution < -0.4 is 5.32 Å². The Labute approximate surface area is 146 Å². The van der Waals surface area contributed by atoms with E-state index in [1.54, 1.807) is 11.8 Å². The number of hydrogen-bond donors (Lipinski definition) is 1. The number of thioether (sulfide) groups is 1. The molecule has 2 rings (SSSR count). The maximum atomic E-state index is 12.5. The van der Waals surface area contributed by atoms with Crippen LogP contribution in [0.15, 0.2) is 29.2 Å². The number of aromatic nitrogens is 2. The lowest BCUT2D eigenvalue weighted by Gasteiger charge is -2.10. The first-order chi connectivity index (χ1) is 11.0. The van der Waals surface area contributed by atoms with Crippen molar-refractivity contribution >= 4 is 34.1 Å². The van der Waals surface area contributed by atoms with Gasteiger partial charge in [0.15, 0.2) is 0 Å². The maximum Gasteiger partial charge on any atom is 0.258 e. The fourth-order valence-corrected chi connectivity index (χ4v) is 3.99. The van der Waals surface area contributed by atoms with Crippen molar-refractivity contribution in [3.05, 3.63) is 34.8 Å². The molecule has 1 amide bonds. The van der Waals surface area contributed by atoms with Gasteiger partial charge in [0.2, 0.25) is 5.13 Å². The molecule has 1 atom stereocenters. The summed E-state index contributed by atoms with van der Waals surface area (Å²) >= 11 is 3.15. The summed E-state index contributed by atoms with van der Waals surface area (Å²) in [5.41, 5.74) is 0.685. The average Bonchev–Trinajstić information content (AvgIpc) is 2.96. The molecule has 124 valence electrons. The van der Waals surface area contributed by atoms with Gasteiger partial charge in [-0.2, -0.15) is 0 Å². The van der Waals surface area contributed by atoms with Gasteiger partial charge in [-0.3, -0.25) is 10.1 Å². The van der Waals surface area contributed by atoms with E-state index in [2.05, 4.69) is 43.2 Å². The van der Waals surface area contributed by atoms with Gasteiger partial charge in [0, 0.05) is 16.1 Å². The van der Waals surface area contributed by atoms with Crippen LogP contribution in [-0.4, -0.2) is 21.4 Å². The van der Waals surface area contributed by atoms with Gasteiger partial charge in [-0.15, -0.1) is 22.0 Å². The van der Waals surface area contributed by atoms with E-state index >= 15 is 0 Å². The molecule has 0 aliphatic carbocycles. The predicted molar refractivity (Wildman–Crippen MR) is 98.6 cm³/mol. The minimum Gasteiger partial charge on any atom is -0.296 e. The van der Waals surface area contributed by atoms with Gasteiger partial charge in [-0.05, 0) is 18.6 Å². The highest BCUT2D eigenvalue weighted by molar-refractivity contribution is 8.00. The summed E-state index contributed by atoms with van der Waals surface area (Å²) in [7, 11) is 0. The Hall–Kier alpha value is -1.40. The highest BCUT2D eigenvalue weighted by Crippen LogP contribution is 2.29. The van der Waals surface area contributed by atoms with Gasteiger partial charge in [-0.1, -0.05) is 57.6 Å². The van der Waals surface area contributed by atoms with Crippen molar-refractivity contribution in [1.29, 1.82) is 0 Å². The molecular weight excluding hydrogens is 326 g/mol. The third kappa shape index (κ3) is 5.04. The number of rotatable bonds is 7. The second-order valence-corrected chi connectivity index (χ2v) is 8.38. The first-order valence-electron chi connectivity index (χ1n) is 7.91. The largest absolute Gasteiger partial charge is 0.296 e. The standard InChI is InChI=1S/C17H23N3OS2/c1-5-8-12(4)16-19-20-17(23-16)18-15(21)13-9-6-7-10-14(13)22-11(2)3/h6-7,9-12H,5,8H2,1-4H3,(H,18,20,21). The quantitative estimate of drug-likeness (QED) is 0.699. The average molecular weight is 350 g/mol. The molecule has 0 fully saturated rings. The van der Waals surface area contributed by atoms with Crippen molar-refractivity contribution in [3.63, 3.8) is 0 Å². The summed E-state index contributed by atoms with van der Waals surface area (Å²) in [6, 6.07) is 7.67. The van der Waals surface area contributed by atoms with E-state index < -0.39 is 0 Å². The van der Waals surface area contributed by atoms with Crippen LogP contribution >= 0.6 is 23.1 Å². The Balaban J connectivity index is 2.11. The van der Waals surface area contributed by atoms with Crippen LogP contribution in [0.2, 0.25) is 0 Å². The number of carbonyl (C=O) groups is 1. The minimum absolute atomic E-state index is 0.125. The summed E-state index contributed by atoms with van der Waals surface area (Å²) < 4.78 is 0. The van der Waals surface area contributed by atoms with Crippen LogP contribution in [0.5, 0.6) is 0 Å². The first-order valence-corrected chi connectivity index (χ1v) is 9.61. The number of hydrogen-bond acceptors (Lipinski definition) is 5. The van der Waals surface area contributed by atoms with Crippen molar-refractivity contribution in [2.45, 2.75) is 56.6 Å². The number of amides is 1. The van der Waals surface area contributed by atoms with E-state index in [9.17, 15) is 4.79 Å². The molecule has 4 nitrogen and oxygen atoms in total. The number of benzene rings is 1. The van der Waals surface area contributed by atoms with Gasteiger partial charge in [-0.25, -0.2) is 0 Å². The Bertz CT molecular complexity index is 655. The Kier molecular flexibility index (Phi) is 6.59. The number of nitrogens with zero attached hydrogens (tertiary/aromatic N) is 2. The summed E-state index contributed by atoms with van der Waals surface area (Å²) in [6.07, 6.45) is 2.19. The maximum absolute atomic E-state index is 12.5. The lowest BCUT2D eigenvalue weighted by atomic mass is 10.1. The molecule has 0 aliphatic rings. The molecular formula is C17H23N3OS2. The third-order valence-electron chi connectivity index (χ3n) is 3.30. The molecule has 1 aromatic carbocycles. The van der Waals surface area contributed by atoms with E-state index in [1.807, 2.05) is 24.3 Å². The van der Waals surface area contributed by atoms with Crippen LogP contribution in [0.3, 0.4) is 0 Å². The fraction of sp³-hybridized carbons (Fsp3) is 0.471. The molecule has 0 aliphatic heterocycles. The van der Waals surface area contributed by atoms with Gasteiger partial charge in [0.05, 0.1) is 5.56 Å². The predicted octanol–water partition coefficient (Wildman–Crippen LogP) is 5.19. The van der Waals surface area contributed by atoms with Crippen LogP contribution in [0.25, 0.3) is 0 Å². The van der Waals surface area contributed by atoms with Gasteiger partial charge >= 0.3 is 0 Å². The minimum atomic E-state index is -0.125. The normalized spacial score (nSPS) is 12.4. The molecule has 0 bridgehead atoms. The molecule has 1 unspecified atom stereocenters. The monoisotopic (exact) mass is 349 g/mol. The number of anilines is 1. The highest BCUT2D eigenvalue weighted by Gasteiger charge is 2.16. The van der Waals surface area contributed by atoms with E-state index in [1.165, 1.54) is 11.3 Å². The topological polar surface area (TPSA) is 54.9 Å². The van der Waals surface area contributed by atoms with Gasteiger partial charge < -0.3 is 0 Å². The smallest absolute Gasteiger partial charge is 0.258 e. The molecule has 0 spiro atoms. The van der Waals surface area contributed by atoms with E-state index in [-0.39, 0.29) is 5.91 Å². The van der Waals surface area contributed by atoms with Gasteiger partial charge in [0.1, 0.15) is 5.01 Å². The van der Waals surface area contributed by atoms with E-state index in [0.29, 0.717) is 21.9 Å². The van der Waals surface area contributed by atoms with Crippen LogP contribution in [0.4, 0.5) is 5.13 Å². The Morgan fingerprint density at radius 1 is 1.26 bits per heavy atom. The zero-order valence-electron chi connectivity index (χ0n) is 14.0. The molecule has 0 saturated carbocycles. The Morgan fingerprint density at radius 2 is 2.00 bits per heavy atom. The van der Waals surface area contributed by atoms with Crippen molar-refractivity contribution in [1.82, 2.24) is 10.2 Å². The van der Waals surface area contributed by atoms with Crippen molar-refractivity contribution in [3.8, 4) is 0 Å². The zero-order valence-corrected chi connectivity index (χ0v) is 15.6. The van der Waals surface area contributed by atoms with Crippen molar-refractivity contribution in [2.75, 3.05) is 5.32 Å². The number of nitrogens with one attached hydrogen (secondary N) is 1. The summed E-state index contributed by atoms with van der Waals surface area (Å²) in [5.74, 6) is 0.256. The van der Waals surface area contributed by atoms with Crippen LogP contribution in [0, 0.1) is 0 Å². The molecule has 23 heavy (non-hydrogen) atoms. The molecule has 0 radical (unpaired) electrons. The van der Waals surface area contributed by atoms with Crippen LogP contribution in [0.1, 0.15) is 61.8 Å². The van der Waals surface area contributed by atoms with E-state index in [0.717, 1.165) is 22.7 Å². The third-order valence-corrected chi connectivity index (χ3v) is 5.45. The lowest BCUT2D eigenvalue weighted by molar-refractivity contribution is 0.102. The van der Waals surface area contributed by atoms with E-state index in [4.69, 9.17) is 0 Å². The summed E-state index contributed by atoms with van der Waals surface area (Å²) in [4.78, 5) is 13.5.